The highest BCUT2D eigenvalue weighted by Crippen LogP contribution is 2.49. The number of nitrogens with zero attached hydrogens (tertiary/aromatic N) is 2. The number of nitrogens with one attached hydrogen (secondary N) is 2. The second kappa shape index (κ2) is 8.66. The molecule has 2 aromatic rings. The third kappa shape index (κ3) is 4.33. The van der Waals surface area contributed by atoms with Crippen LogP contribution < -0.4 is 16.4 Å². The summed E-state index contributed by atoms with van der Waals surface area (Å²) in [4.78, 5) is 41.5. The summed E-state index contributed by atoms with van der Waals surface area (Å²) in [5.41, 5.74) is 8.72. The number of fused-ring (bicyclic) bond motifs is 2. The number of halogens is 1. The number of nitrogens with two attached hydrogens (primary N) is 1. The number of primary amides is 1. The van der Waals surface area contributed by atoms with Gasteiger partial charge in [0.25, 0.3) is 5.91 Å². The Hall–Kier alpha value is -2.87. The molecule has 2 aliphatic carbocycles. The smallest absolute Gasteiger partial charge is 0.265 e. The number of aromatic nitrogens is 2. The summed E-state index contributed by atoms with van der Waals surface area (Å²) in [5.74, 6) is 0.849. The molecule has 0 aromatic carbocycles. The van der Waals surface area contributed by atoms with E-state index in [-0.39, 0.29) is 29.1 Å². The molecule has 4 N–H and O–H groups in total. The molecule has 0 saturated heterocycles. The van der Waals surface area contributed by atoms with E-state index in [1.807, 2.05) is 4.57 Å². The lowest BCUT2D eigenvalue weighted by Gasteiger charge is -2.16. The molecule has 0 spiro atoms. The van der Waals surface area contributed by atoms with Gasteiger partial charge in [-0.15, -0.1) is 0 Å². The van der Waals surface area contributed by atoms with E-state index in [0.717, 1.165) is 48.9 Å². The van der Waals surface area contributed by atoms with Gasteiger partial charge in [-0.1, -0.05) is 25.4 Å². The predicted octanol–water partition coefficient (Wildman–Crippen LogP) is 3.62. The predicted molar refractivity (Wildman–Crippen MR) is 134 cm³/mol. The fourth-order valence-electron chi connectivity index (χ4n) is 6.53. The molecule has 0 bridgehead atoms. The van der Waals surface area contributed by atoms with Gasteiger partial charge < -0.3 is 20.9 Å². The first-order chi connectivity index (χ1) is 16.6. The molecule has 0 radical (unpaired) electrons. The van der Waals surface area contributed by atoms with Gasteiger partial charge >= 0.3 is 0 Å². The first kappa shape index (κ1) is 23.9. The van der Waals surface area contributed by atoms with Crippen molar-refractivity contribution in [1.82, 2.24) is 14.9 Å². The van der Waals surface area contributed by atoms with Crippen molar-refractivity contribution in [1.29, 1.82) is 0 Å². The fourth-order valence-corrected chi connectivity index (χ4v) is 6.73. The minimum Gasteiger partial charge on any atom is -0.364 e. The van der Waals surface area contributed by atoms with Crippen LogP contribution in [-0.4, -0.2) is 34.3 Å². The average molecular weight is 498 g/mol. The molecule has 3 heterocycles. The zero-order valence-corrected chi connectivity index (χ0v) is 21.1. The van der Waals surface area contributed by atoms with E-state index in [2.05, 4.69) is 29.5 Å². The Kier molecular flexibility index (Phi) is 5.90. The Morgan fingerprint density at radius 2 is 1.69 bits per heavy atom. The van der Waals surface area contributed by atoms with Gasteiger partial charge in [0.15, 0.2) is 0 Å². The summed E-state index contributed by atoms with van der Waals surface area (Å²) in [6, 6.07) is 3.57. The van der Waals surface area contributed by atoms with E-state index in [1.165, 1.54) is 6.20 Å². The lowest BCUT2D eigenvalue weighted by molar-refractivity contribution is -0.124. The van der Waals surface area contributed by atoms with Crippen molar-refractivity contribution in [3.8, 4) is 11.1 Å². The zero-order chi connectivity index (χ0) is 25.1. The summed E-state index contributed by atoms with van der Waals surface area (Å²) < 4.78 is 1.98. The number of hydrogen-bond donors (Lipinski definition) is 3. The third-order valence-electron chi connectivity index (χ3n) is 8.09. The largest absolute Gasteiger partial charge is 0.364 e. The summed E-state index contributed by atoms with van der Waals surface area (Å²) >= 11 is 6.54. The molecule has 2 fully saturated rings. The highest BCUT2D eigenvalue weighted by atomic mass is 35.5. The lowest BCUT2D eigenvalue weighted by Crippen LogP contribution is -2.27. The maximum Gasteiger partial charge on any atom is 0.265 e. The molecule has 2 aromatic heterocycles. The van der Waals surface area contributed by atoms with Crippen LogP contribution in [0.25, 0.3) is 11.1 Å². The molecule has 2 saturated carbocycles. The quantitative estimate of drug-likeness (QED) is 0.584. The summed E-state index contributed by atoms with van der Waals surface area (Å²) in [7, 11) is 1.68. The number of anilines is 1. The Labute approximate surface area is 210 Å². The van der Waals surface area contributed by atoms with Gasteiger partial charge in [-0.25, -0.2) is 4.98 Å². The van der Waals surface area contributed by atoms with E-state index in [4.69, 9.17) is 17.3 Å². The van der Waals surface area contributed by atoms with Crippen LogP contribution in [0.15, 0.2) is 18.3 Å². The molecule has 186 valence electrons. The molecular formula is C26H32ClN5O3. The van der Waals surface area contributed by atoms with Crippen LogP contribution in [0, 0.1) is 29.1 Å². The van der Waals surface area contributed by atoms with E-state index < -0.39 is 5.91 Å². The van der Waals surface area contributed by atoms with Gasteiger partial charge in [0.1, 0.15) is 11.5 Å². The van der Waals surface area contributed by atoms with Gasteiger partial charge in [0, 0.05) is 48.4 Å². The number of pyridine rings is 1. The van der Waals surface area contributed by atoms with E-state index >= 15 is 0 Å². The standard InChI is InChI=1S/C26H32ClN5O3/c1-26(2)10-21-18(8-20(23(28)33)32(21)12-26)17-9-22(30-11-19(17)27)31-25(35)16-6-13-4-15(24(34)29-3)5-14(13)7-16/h8-9,11,13-16H,4-7,10,12H2,1-3H3,(H2,28,33)(H,29,34)(H,30,31,35)/t13-,14+,15?,16?. The highest BCUT2D eigenvalue weighted by Gasteiger charge is 2.45. The van der Waals surface area contributed by atoms with Crippen molar-refractivity contribution in [2.45, 2.75) is 52.5 Å². The van der Waals surface area contributed by atoms with Crippen molar-refractivity contribution >= 4 is 35.1 Å². The molecule has 3 aliphatic rings. The third-order valence-corrected chi connectivity index (χ3v) is 8.39. The molecule has 2 unspecified atom stereocenters. The van der Waals surface area contributed by atoms with Gasteiger partial charge in [0.2, 0.25) is 11.8 Å². The Bertz CT molecular complexity index is 1210. The molecule has 9 heteroatoms. The summed E-state index contributed by atoms with van der Waals surface area (Å²) in [6.45, 7) is 5.02. The number of carbonyl (C=O) groups excluding carboxylic acids is 3. The molecule has 4 atom stereocenters. The van der Waals surface area contributed by atoms with Gasteiger partial charge in [-0.3, -0.25) is 14.4 Å². The lowest BCUT2D eigenvalue weighted by atomic mass is 9.89. The molecule has 35 heavy (non-hydrogen) atoms. The first-order valence-electron chi connectivity index (χ1n) is 12.3. The monoisotopic (exact) mass is 497 g/mol. The van der Waals surface area contributed by atoms with Crippen molar-refractivity contribution in [2.75, 3.05) is 12.4 Å². The number of hydrogen-bond acceptors (Lipinski definition) is 4. The molecular weight excluding hydrogens is 466 g/mol. The van der Waals surface area contributed by atoms with E-state index in [0.29, 0.717) is 34.9 Å². The van der Waals surface area contributed by atoms with Crippen LogP contribution in [0.2, 0.25) is 5.02 Å². The van der Waals surface area contributed by atoms with Crippen molar-refractivity contribution < 1.29 is 14.4 Å². The normalized spacial score (nSPS) is 26.3. The molecule has 3 amide bonds. The minimum atomic E-state index is -0.473. The highest BCUT2D eigenvalue weighted by molar-refractivity contribution is 6.33. The van der Waals surface area contributed by atoms with Crippen LogP contribution >= 0.6 is 11.6 Å². The minimum absolute atomic E-state index is 0.00342. The topological polar surface area (TPSA) is 119 Å². The Balaban J connectivity index is 1.34. The maximum atomic E-state index is 13.1. The average Bonchev–Trinajstić information content (AvgIpc) is 3.52. The Morgan fingerprint density at radius 1 is 1.06 bits per heavy atom. The van der Waals surface area contributed by atoms with Crippen molar-refractivity contribution in [3.05, 3.63) is 34.7 Å². The summed E-state index contributed by atoms with van der Waals surface area (Å²) in [6.07, 6.45) is 5.64. The maximum absolute atomic E-state index is 13.1. The van der Waals surface area contributed by atoms with Gasteiger partial charge in [-0.2, -0.15) is 0 Å². The van der Waals surface area contributed by atoms with Crippen LogP contribution in [0.1, 0.15) is 55.7 Å². The SMILES string of the molecule is CNC(=O)C1C[C@@H]2CC(C(=O)Nc3cc(-c4cc(C(N)=O)n5c4CC(C)(C)C5)c(Cl)cn3)C[C@@H]2C1. The number of rotatable bonds is 5. The molecule has 1 aliphatic heterocycles. The van der Waals surface area contributed by atoms with Crippen LogP contribution in [0.5, 0.6) is 0 Å². The van der Waals surface area contributed by atoms with Gasteiger partial charge in [-0.05, 0) is 61.5 Å². The van der Waals surface area contributed by atoms with Crippen LogP contribution in [-0.2, 0) is 22.6 Å². The first-order valence-corrected chi connectivity index (χ1v) is 12.6. The van der Waals surface area contributed by atoms with Crippen LogP contribution in [0.4, 0.5) is 5.82 Å². The fraction of sp³-hybridized carbons (Fsp3) is 0.538. The van der Waals surface area contributed by atoms with Gasteiger partial charge in [0.05, 0.1) is 5.02 Å². The second-order valence-corrected chi connectivity index (χ2v) is 11.6. The zero-order valence-electron chi connectivity index (χ0n) is 20.4. The van der Waals surface area contributed by atoms with Crippen molar-refractivity contribution in [2.24, 2.45) is 34.8 Å². The van der Waals surface area contributed by atoms with Crippen molar-refractivity contribution in [3.63, 3.8) is 0 Å². The van der Waals surface area contributed by atoms with Crippen LogP contribution in [0.3, 0.4) is 0 Å². The van der Waals surface area contributed by atoms with E-state index in [9.17, 15) is 14.4 Å². The molecule has 5 rings (SSSR count). The molecule has 8 nitrogen and oxygen atoms in total. The second-order valence-electron chi connectivity index (χ2n) is 11.2. The number of amides is 3. The number of carbonyl (C=O) groups is 3. The van der Waals surface area contributed by atoms with E-state index in [1.54, 1.807) is 19.2 Å². The Morgan fingerprint density at radius 3 is 2.29 bits per heavy atom. The summed E-state index contributed by atoms with van der Waals surface area (Å²) in [5, 5.41) is 6.18.